The van der Waals surface area contributed by atoms with Gasteiger partial charge in [-0.25, -0.2) is 0 Å². The Kier molecular flexibility index (Phi) is 20.8. The molecule has 8 aliphatic rings. The Bertz CT molecular complexity index is 5050. The fourth-order valence-electron chi connectivity index (χ4n) is 16.1. The lowest BCUT2D eigenvalue weighted by Gasteiger charge is -2.43. The van der Waals surface area contributed by atoms with Crippen molar-refractivity contribution in [2.45, 2.75) is 102 Å². The maximum absolute atomic E-state index is 13.1. The first-order chi connectivity index (χ1) is 52.0. The highest BCUT2D eigenvalue weighted by molar-refractivity contribution is 9.10. The van der Waals surface area contributed by atoms with E-state index in [0.29, 0.717) is 54.8 Å². The first kappa shape index (κ1) is 71.8. The normalized spacial score (nSPS) is 19.4. The van der Waals surface area contributed by atoms with E-state index in [-0.39, 0.29) is 59.8 Å². The Morgan fingerprint density at radius 3 is 1.33 bits per heavy atom. The van der Waals surface area contributed by atoms with Gasteiger partial charge in [-0.2, -0.15) is 0 Å². The monoisotopic (exact) mass is 1600 g/mol. The smallest absolute Gasteiger partial charge is 0.255 e. The Morgan fingerprint density at radius 2 is 0.916 bits per heavy atom. The van der Waals surface area contributed by atoms with Gasteiger partial charge in [-0.3, -0.25) is 39.4 Å². The van der Waals surface area contributed by atoms with Gasteiger partial charge in [0.25, 0.3) is 11.8 Å². The molecule has 6 fully saturated rings. The number of likely N-dealkylation sites (tertiary alicyclic amines) is 1. The van der Waals surface area contributed by atoms with Crippen LogP contribution in [-0.4, -0.2) is 131 Å². The lowest BCUT2D eigenvalue weighted by Crippen LogP contribution is -2.52. The molecule has 2 aromatic heterocycles. The summed E-state index contributed by atoms with van der Waals surface area (Å²) in [7, 11) is 0. The molecule has 8 aliphatic heterocycles. The molecule has 6 saturated heterocycles. The number of phenolic OH excluding ortho intramolecular Hbond substituents is 2. The van der Waals surface area contributed by atoms with Crippen LogP contribution in [0.5, 0.6) is 34.5 Å². The van der Waals surface area contributed by atoms with Crippen molar-refractivity contribution in [1.82, 2.24) is 30.7 Å². The molecule has 6 amide bonds. The predicted molar refractivity (Wildman–Crippen MR) is 426 cm³/mol. The Labute approximate surface area is 645 Å². The van der Waals surface area contributed by atoms with Crippen molar-refractivity contribution >= 4 is 122 Å². The van der Waals surface area contributed by atoms with Crippen LogP contribution < -0.4 is 35.2 Å². The topological polar surface area (TPSA) is 214 Å². The largest absolute Gasteiger partial charge is 0.508 e. The summed E-state index contributed by atoms with van der Waals surface area (Å²) in [5.41, 5.74) is 10.4. The summed E-state index contributed by atoms with van der Waals surface area (Å²) >= 11 is 10.3. The van der Waals surface area contributed by atoms with Crippen LogP contribution in [0, 0.1) is 11.8 Å². The molecule has 10 aromatic rings. The maximum atomic E-state index is 13.1. The average molecular weight is 1600 g/mol. The molecule has 18 nitrogen and oxygen atoms in total. The third kappa shape index (κ3) is 15.4. The molecule has 2 unspecified atom stereocenters. The van der Waals surface area contributed by atoms with Crippen LogP contribution in [0.4, 0.5) is 11.4 Å². The number of benzene rings is 8. The molecule has 548 valence electrons. The summed E-state index contributed by atoms with van der Waals surface area (Å²) in [6.45, 7) is 12.5. The molecule has 0 radical (unpaired) electrons. The SMILES string of the molecule is CCC1CCN(c2ccc3c(c2)CN(C2CCC(=O)NC2=O)C3=O)CC1.O=C1CCC(N2Cc3cc(N4CCC(CN5CC(c6ccc(Oc7c(-c8ccc(Br)cc8)sc8cc(O)ccc78)cc6)C5)CC4)ccc3C2=O)C(=O)N1.Oc1ccc2c(Oc3ccc(C4CNC4)cc3)c(-c3ccc(Br)cc3)sc2c1. The van der Waals surface area contributed by atoms with Gasteiger partial charge in [-0.05, 0) is 205 Å². The molecule has 0 saturated carbocycles. The van der Waals surface area contributed by atoms with Gasteiger partial charge < -0.3 is 49.5 Å². The number of thiophene rings is 2. The van der Waals surface area contributed by atoms with E-state index in [2.05, 4.69) is 142 Å². The van der Waals surface area contributed by atoms with Crippen molar-refractivity contribution in [3.8, 4) is 55.4 Å². The number of hydrogen-bond acceptors (Lipinski definition) is 16. The molecule has 5 N–H and O–H groups in total. The lowest BCUT2D eigenvalue weighted by molar-refractivity contribution is -0.138. The molecule has 2 atom stereocenters. The van der Waals surface area contributed by atoms with E-state index in [9.17, 15) is 39.0 Å². The second kappa shape index (κ2) is 31.0. The van der Waals surface area contributed by atoms with Gasteiger partial charge in [-0.1, -0.05) is 93.7 Å². The first-order valence-electron chi connectivity index (χ1n) is 37.1. The van der Waals surface area contributed by atoms with Crippen LogP contribution in [0.2, 0.25) is 0 Å². The van der Waals surface area contributed by atoms with Gasteiger partial charge in [0, 0.05) is 148 Å². The quantitative estimate of drug-likeness (QED) is 0.0604. The van der Waals surface area contributed by atoms with Gasteiger partial charge in [-0.15, -0.1) is 22.7 Å². The van der Waals surface area contributed by atoms with Crippen molar-refractivity contribution in [3.63, 3.8) is 0 Å². The average Bonchev–Trinajstić information content (AvgIpc) is 1.66. The molecule has 22 heteroatoms. The molecule has 18 rings (SSSR count). The maximum Gasteiger partial charge on any atom is 0.255 e. The summed E-state index contributed by atoms with van der Waals surface area (Å²) in [4.78, 5) is 86.1. The number of nitrogens with one attached hydrogen (secondary N) is 3. The molecular weight excluding hydrogens is 1520 g/mol. The lowest BCUT2D eigenvalue weighted by atomic mass is 9.88. The van der Waals surface area contributed by atoms with Crippen molar-refractivity contribution < 1.29 is 48.5 Å². The molecule has 0 bridgehead atoms. The minimum Gasteiger partial charge on any atom is -0.508 e. The number of carbonyl (C=O) groups is 6. The Hall–Kier alpha value is -9.42. The van der Waals surface area contributed by atoms with Gasteiger partial charge >= 0.3 is 0 Å². The standard InChI is InChI=1S/C42H39BrN4O5S.C23H18BrNO2S.C20H25N3O3/c43-30-5-1-27(2-6-30)40-39(35-12-8-32(48)20-37(35)53-40)52-33-9-3-26(4-10-33)29-22-45(23-29)21-25-15-17-46(18-16-25)31-7-11-34-28(19-31)24-47(42(34)51)36-13-14-38(49)44-41(36)50;24-17-5-1-15(2-6-17)23-22(20-10-7-18(26)11-21(20)28-23)27-19-8-3-14(4-9-19)16-12-25-13-16;1-2-13-7-9-22(10-8-13)15-3-4-16-14(11-15)12-23(20(16)26)17-5-6-18(24)21-19(17)25/h1-12,19-20,25,29,36,48H,13-18,21-24H2,(H,44,49,50);1-11,16,25-26H,12-13H2;3-4,11,13,17H,2,5-10,12H2,1H3,(H,21,24,25). The minimum atomic E-state index is -0.590. The third-order valence-corrected chi connectivity index (χ3v) is 25.8. The van der Waals surface area contributed by atoms with Crippen molar-refractivity contribution in [2.75, 3.05) is 68.7 Å². The van der Waals surface area contributed by atoms with Crippen LogP contribution in [0.3, 0.4) is 0 Å². The zero-order valence-electron chi connectivity index (χ0n) is 59.2. The second-order valence-corrected chi connectivity index (χ2v) is 33.2. The molecule has 0 spiro atoms. The van der Waals surface area contributed by atoms with E-state index in [1.165, 1.54) is 30.4 Å². The zero-order valence-corrected chi connectivity index (χ0v) is 64.0. The number of piperidine rings is 4. The number of carbonyl (C=O) groups excluding carboxylic acids is 6. The zero-order chi connectivity index (χ0) is 73.6. The van der Waals surface area contributed by atoms with Crippen LogP contribution >= 0.6 is 54.5 Å². The van der Waals surface area contributed by atoms with E-state index < -0.39 is 12.1 Å². The number of aromatic hydroxyl groups is 2. The number of imide groups is 2. The summed E-state index contributed by atoms with van der Waals surface area (Å²) in [5.74, 6) is 4.88. The van der Waals surface area contributed by atoms with E-state index >= 15 is 0 Å². The highest BCUT2D eigenvalue weighted by atomic mass is 79.9. The molecule has 0 aliphatic carbocycles. The Balaban J connectivity index is 0.000000136. The number of anilines is 2. The first-order valence-corrected chi connectivity index (χ1v) is 40.3. The fraction of sp³-hybridized carbons (Fsp3) is 0.318. The number of nitrogens with zero attached hydrogens (tertiary/aromatic N) is 5. The van der Waals surface area contributed by atoms with Crippen molar-refractivity contribution in [3.05, 3.63) is 212 Å². The second-order valence-electron chi connectivity index (χ2n) is 29.3. The van der Waals surface area contributed by atoms with Crippen molar-refractivity contribution in [2.24, 2.45) is 11.8 Å². The summed E-state index contributed by atoms with van der Waals surface area (Å²) in [6, 6.07) is 55.2. The van der Waals surface area contributed by atoms with E-state index in [1.807, 2.05) is 72.8 Å². The number of fused-ring (bicyclic) bond motifs is 4. The van der Waals surface area contributed by atoms with Gasteiger partial charge in [0.1, 0.15) is 35.1 Å². The predicted octanol–water partition coefficient (Wildman–Crippen LogP) is 16.5. The van der Waals surface area contributed by atoms with Gasteiger partial charge in [0.2, 0.25) is 23.6 Å². The van der Waals surface area contributed by atoms with Crippen LogP contribution in [-0.2, 0) is 32.3 Å². The van der Waals surface area contributed by atoms with Gasteiger partial charge in [0.15, 0.2) is 11.5 Å². The van der Waals surface area contributed by atoms with Gasteiger partial charge in [0.05, 0.1) is 9.75 Å². The Morgan fingerprint density at radius 1 is 0.486 bits per heavy atom. The number of rotatable bonds is 15. The number of hydrogen-bond donors (Lipinski definition) is 5. The molecule has 107 heavy (non-hydrogen) atoms. The number of ether oxygens (including phenoxy) is 2. The van der Waals surface area contributed by atoms with Crippen LogP contribution in [0.1, 0.15) is 120 Å². The number of phenols is 2. The highest BCUT2D eigenvalue weighted by Crippen LogP contribution is 2.50. The van der Waals surface area contributed by atoms with Crippen LogP contribution in [0.15, 0.2) is 179 Å². The molecular formula is C85H82Br2N8O10S2. The van der Waals surface area contributed by atoms with E-state index in [4.69, 9.17) is 9.47 Å². The van der Waals surface area contributed by atoms with Crippen molar-refractivity contribution in [1.29, 1.82) is 0 Å². The number of amides is 6. The molecule has 8 aromatic carbocycles. The summed E-state index contributed by atoms with van der Waals surface area (Å²) in [5, 5.41) is 30.0. The summed E-state index contributed by atoms with van der Waals surface area (Å²) in [6.07, 6.45) is 7.26. The van der Waals surface area contributed by atoms with E-state index in [1.54, 1.807) is 56.7 Å². The minimum absolute atomic E-state index is 0.106. The van der Waals surface area contributed by atoms with Crippen LogP contribution in [0.25, 0.3) is 41.1 Å². The summed E-state index contributed by atoms with van der Waals surface area (Å²) < 4.78 is 17.0. The highest BCUT2D eigenvalue weighted by Gasteiger charge is 2.42. The fourth-order valence-corrected chi connectivity index (χ4v) is 18.9. The third-order valence-electron chi connectivity index (χ3n) is 22.4. The number of halogens is 2. The van der Waals surface area contributed by atoms with E-state index in [0.717, 1.165) is 173 Å². The molecule has 10 heterocycles.